The van der Waals surface area contributed by atoms with Crippen molar-refractivity contribution in [3.8, 4) is 11.5 Å². The van der Waals surface area contributed by atoms with Gasteiger partial charge in [-0.15, -0.1) is 0 Å². The normalized spacial score (nSPS) is 15.1. The molecule has 1 saturated heterocycles. The molecule has 0 amide bonds. The highest BCUT2D eigenvalue weighted by Gasteiger charge is 2.24. The molecule has 1 heterocycles. The van der Waals surface area contributed by atoms with Crippen LogP contribution in [0.2, 0.25) is 0 Å². The van der Waals surface area contributed by atoms with Gasteiger partial charge < -0.3 is 18.9 Å². The number of hydrogen-bond acceptors (Lipinski definition) is 4. The second-order valence-corrected chi connectivity index (χ2v) is 4.73. The molecule has 4 nitrogen and oxygen atoms in total. The predicted octanol–water partition coefficient (Wildman–Crippen LogP) is 3.32. The lowest BCUT2D eigenvalue weighted by atomic mass is 10.1. The Labute approximate surface area is 124 Å². The summed E-state index contributed by atoms with van der Waals surface area (Å²) >= 11 is 0. The van der Waals surface area contributed by atoms with E-state index in [1.807, 2.05) is 48.5 Å². The number of ether oxygens (including phenoxy) is 4. The molecule has 3 rings (SSSR count). The van der Waals surface area contributed by atoms with E-state index in [4.69, 9.17) is 18.9 Å². The zero-order valence-electron chi connectivity index (χ0n) is 12.0. The molecule has 0 aromatic heterocycles. The first-order valence-electron chi connectivity index (χ1n) is 6.95. The van der Waals surface area contributed by atoms with E-state index < -0.39 is 0 Å². The highest BCUT2D eigenvalue weighted by molar-refractivity contribution is 5.47. The molecule has 2 aromatic rings. The van der Waals surface area contributed by atoms with Gasteiger partial charge in [-0.25, -0.2) is 0 Å². The van der Waals surface area contributed by atoms with Gasteiger partial charge in [0.15, 0.2) is 17.8 Å². The third kappa shape index (κ3) is 3.17. The van der Waals surface area contributed by atoms with Crippen molar-refractivity contribution in [2.45, 2.75) is 12.9 Å². The predicted molar refractivity (Wildman–Crippen MR) is 78.4 cm³/mol. The van der Waals surface area contributed by atoms with E-state index in [9.17, 15) is 0 Å². The molecule has 0 unspecified atom stereocenters. The molecule has 0 aliphatic carbocycles. The fourth-order valence-corrected chi connectivity index (χ4v) is 2.30. The van der Waals surface area contributed by atoms with Crippen LogP contribution in [0.4, 0.5) is 0 Å². The lowest BCUT2D eigenvalue weighted by Gasteiger charge is -2.18. The summed E-state index contributed by atoms with van der Waals surface area (Å²) in [6.45, 7) is 1.67. The van der Waals surface area contributed by atoms with Crippen LogP contribution in [-0.2, 0) is 16.1 Å². The Morgan fingerprint density at radius 1 is 1.00 bits per heavy atom. The Morgan fingerprint density at radius 3 is 2.48 bits per heavy atom. The van der Waals surface area contributed by atoms with Gasteiger partial charge in [-0.1, -0.05) is 36.4 Å². The molecule has 0 atom stereocenters. The van der Waals surface area contributed by atoms with Gasteiger partial charge in [0.25, 0.3) is 0 Å². The lowest BCUT2D eigenvalue weighted by Crippen LogP contribution is -2.05. The molecule has 0 spiro atoms. The third-order valence-electron chi connectivity index (χ3n) is 3.33. The van der Waals surface area contributed by atoms with Crippen LogP contribution in [0, 0.1) is 0 Å². The molecule has 4 heteroatoms. The Hall–Kier alpha value is -2.04. The van der Waals surface area contributed by atoms with Crippen molar-refractivity contribution >= 4 is 0 Å². The molecule has 110 valence electrons. The molecule has 1 fully saturated rings. The van der Waals surface area contributed by atoms with Crippen LogP contribution in [0.3, 0.4) is 0 Å². The maximum atomic E-state index is 5.97. The monoisotopic (exact) mass is 286 g/mol. The fraction of sp³-hybridized carbons (Fsp3) is 0.294. The second kappa shape index (κ2) is 6.61. The van der Waals surface area contributed by atoms with Crippen molar-refractivity contribution in [3.63, 3.8) is 0 Å². The number of hydrogen-bond donors (Lipinski definition) is 0. The Balaban J connectivity index is 1.84. The second-order valence-electron chi connectivity index (χ2n) is 4.73. The number of benzene rings is 2. The zero-order chi connectivity index (χ0) is 14.5. The van der Waals surface area contributed by atoms with E-state index in [-0.39, 0.29) is 6.29 Å². The van der Waals surface area contributed by atoms with E-state index in [1.54, 1.807) is 7.11 Å². The zero-order valence-corrected chi connectivity index (χ0v) is 12.0. The van der Waals surface area contributed by atoms with Gasteiger partial charge in [-0.2, -0.15) is 0 Å². The summed E-state index contributed by atoms with van der Waals surface area (Å²) in [4.78, 5) is 0. The fourth-order valence-electron chi connectivity index (χ4n) is 2.30. The summed E-state index contributed by atoms with van der Waals surface area (Å²) in [5, 5.41) is 0. The molecule has 0 radical (unpaired) electrons. The molecular weight excluding hydrogens is 268 g/mol. The molecule has 2 aromatic carbocycles. The largest absolute Gasteiger partial charge is 0.493 e. The van der Waals surface area contributed by atoms with Crippen LogP contribution in [0.5, 0.6) is 11.5 Å². The first-order chi connectivity index (χ1) is 10.4. The van der Waals surface area contributed by atoms with Gasteiger partial charge in [0.1, 0.15) is 6.61 Å². The topological polar surface area (TPSA) is 36.9 Å². The number of rotatable bonds is 5. The van der Waals surface area contributed by atoms with Gasteiger partial charge in [-0.05, 0) is 17.7 Å². The Bertz CT molecular complexity index is 577. The van der Waals surface area contributed by atoms with Gasteiger partial charge in [0.05, 0.1) is 25.9 Å². The van der Waals surface area contributed by atoms with Crippen LogP contribution in [0.1, 0.15) is 17.4 Å². The summed E-state index contributed by atoms with van der Waals surface area (Å²) in [5.41, 5.74) is 1.96. The van der Waals surface area contributed by atoms with Crippen molar-refractivity contribution in [1.29, 1.82) is 0 Å². The van der Waals surface area contributed by atoms with Gasteiger partial charge in [-0.3, -0.25) is 0 Å². The first kappa shape index (κ1) is 13.9. The lowest BCUT2D eigenvalue weighted by molar-refractivity contribution is -0.0460. The van der Waals surface area contributed by atoms with Crippen molar-refractivity contribution in [2.75, 3.05) is 20.3 Å². The highest BCUT2D eigenvalue weighted by atomic mass is 16.7. The Kier molecular flexibility index (Phi) is 4.38. The maximum Gasteiger partial charge on any atom is 0.187 e. The minimum Gasteiger partial charge on any atom is -0.493 e. The number of methoxy groups -OCH3 is 1. The standard InChI is InChI=1S/C17H18O4/c1-18-15-9-5-8-14(17-19-10-11-20-17)16(15)21-12-13-6-3-2-4-7-13/h2-9,17H,10-12H2,1H3. The van der Waals surface area contributed by atoms with E-state index in [0.29, 0.717) is 31.3 Å². The SMILES string of the molecule is COc1cccc(C2OCCO2)c1OCc1ccccc1. The summed E-state index contributed by atoms with van der Waals surface area (Å²) in [6.07, 6.45) is -0.383. The van der Waals surface area contributed by atoms with E-state index >= 15 is 0 Å². The van der Waals surface area contributed by atoms with E-state index in [1.165, 1.54) is 0 Å². The van der Waals surface area contributed by atoms with Crippen LogP contribution < -0.4 is 9.47 Å². The van der Waals surface area contributed by atoms with E-state index in [0.717, 1.165) is 11.1 Å². The van der Waals surface area contributed by atoms with Gasteiger partial charge >= 0.3 is 0 Å². The summed E-state index contributed by atoms with van der Waals surface area (Å²) in [6, 6.07) is 15.7. The van der Waals surface area contributed by atoms with Crippen molar-refractivity contribution in [1.82, 2.24) is 0 Å². The van der Waals surface area contributed by atoms with Crippen LogP contribution in [0.15, 0.2) is 48.5 Å². The van der Waals surface area contributed by atoms with Crippen LogP contribution in [0.25, 0.3) is 0 Å². The third-order valence-corrected chi connectivity index (χ3v) is 3.33. The molecule has 1 aliphatic rings. The average molecular weight is 286 g/mol. The van der Waals surface area contributed by atoms with Gasteiger partial charge in [0.2, 0.25) is 0 Å². The first-order valence-corrected chi connectivity index (χ1v) is 6.95. The van der Waals surface area contributed by atoms with Crippen molar-refractivity contribution < 1.29 is 18.9 Å². The van der Waals surface area contributed by atoms with Crippen LogP contribution in [-0.4, -0.2) is 20.3 Å². The Morgan fingerprint density at radius 2 is 1.76 bits per heavy atom. The molecule has 1 aliphatic heterocycles. The maximum absolute atomic E-state index is 5.97. The molecule has 0 saturated carbocycles. The molecule has 21 heavy (non-hydrogen) atoms. The molecule has 0 bridgehead atoms. The summed E-state index contributed by atoms with van der Waals surface area (Å²) in [5.74, 6) is 1.36. The minimum absolute atomic E-state index is 0.383. The van der Waals surface area contributed by atoms with Crippen LogP contribution >= 0.6 is 0 Å². The number of para-hydroxylation sites is 1. The summed E-state index contributed by atoms with van der Waals surface area (Å²) in [7, 11) is 1.63. The smallest absolute Gasteiger partial charge is 0.187 e. The molecular formula is C17H18O4. The summed E-state index contributed by atoms with van der Waals surface area (Å²) < 4.78 is 22.5. The quantitative estimate of drug-likeness (QED) is 0.845. The average Bonchev–Trinajstić information content (AvgIpc) is 3.08. The van der Waals surface area contributed by atoms with Crippen molar-refractivity contribution in [3.05, 3.63) is 59.7 Å². The highest BCUT2D eigenvalue weighted by Crippen LogP contribution is 2.38. The van der Waals surface area contributed by atoms with E-state index in [2.05, 4.69) is 0 Å². The van der Waals surface area contributed by atoms with Crippen molar-refractivity contribution in [2.24, 2.45) is 0 Å². The minimum atomic E-state index is -0.383. The van der Waals surface area contributed by atoms with Gasteiger partial charge in [0, 0.05) is 0 Å². The molecule has 0 N–H and O–H groups in total.